The van der Waals surface area contributed by atoms with Crippen LogP contribution in [0, 0.1) is 11.8 Å². The molecule has 0 aromatic carbocycles. The van der Waals surface area contributed by atoms with E-state index >= 15 is 0 Å². The lowest BCUT2D eigenvalue weighted by atomic mass is 10.0. The minimum Gasteiger partial charge on any atom is -0.466 e. The first kappa shape index (κ1) is 28.7. The van der Waals surface area contributed by atoms with Gasteiger partial charge >= 0.3 is 12.1 Å². The van der Waals surface area contributed by atoms with Gasteiger partial charge in [0.05, 0.1) is 12.5 Å². The minimum absolute atomic E-state index is 0.0149. The molecule has 0 aromatic rings. The zero-order valence-corrected chi connectivity index (χ0v) is 21.9. The van der Waals surface area contributed by atoms with Crippen molar-refractivity contribution in [1.29, 1.82) is 0 Å². The first-order valence-corrected chi connectivity index (χ1v) is 12.9. The lowest BCUT2D eigenvalue weighted by Gasteiger charge is -2.29. The molecule has 1 saturated carbocycles. The topological polar surface area (TPSA) is 114 Å². The number of carbonyl (C=O) groups excluding carboxylic acids is 4. The highest BCUT2D eigenvalue weighted by Gasteiger charge is 2.42. The molecule has 9 heteroatoms. The highest BCUT2D eigenvalue weighted by molar-refractivity contribution is 5.91. The van der Waals surface area contributed by atoms with Crippen molar-refractivity contribution in [2.75, 3.05) is 20.2 Å². The highest BCUT2D eigenvalue weighted by Crippen LogP contribution is 2.40. The summed E-state index contributed by atoms with van der Waals surface area (Å²) in [5.41, 5.74) is -0.671. The molecule has 2 N–H and O–H groups in total. The SMILES string of the molecule is CCOC(=O)[C@H]1C[C@H]1/C=C\CCCCC[C@H](NC(=O)OC(C)(C)C)C(=O)N1CCC[C@H]1C(=O)NC. The Morgan fingerprint density at radius 3 is 2.54 bits per heavy atom. The van der Waals surface area contributed by atoms with Gasteiger partial charge in [-0.1, -0.05) is 25.0 Å². The average Bonchev–Trinajstić information content (AvgIpc) is 3.39. The number of amides is 3. The molecule has 1 aliphatic carbocycles. The smallest absolute Gasteiger partial charge is 0.408 e. The van der Waals surface area contributed by atoms with Crippen molar-refractivity contribution in [2.24, 2.45) is 11.8 Å². The third-order valence-corrected chi connectivity index (χ3v) is 6.25. The van der Waals surface area contributed by atoms with E-state index in [1.165, 1.54) is 0 Å². The summed E-state index contributed by atoms with van der Waals surface area (Å²) >= 11 is 0. The second-order valence-corrected chi connectivity index (χ2v) is 10.3. The minimum atomic E-state index is -0.734. The fourth-order valence-corrected chi connectivity index (χ4v) is 4.38. The second-order valence-electron chi connectivity index (χ2n) is 10.3. The zero-order chi connectivity index (χ0) is 26.0. The van der Waals surface area contributed by atoms with Crippen molar-refractivity contribution in [3.8, 4) is 0 Å². The maximum Gasteiger partial charge on any atom is 0.408 e. The van der Waals surface area contributed by atoms with Crippen LogP contribution < -0.4 is 10.6 Å². The molecule has 2 rings (SSSR count). The Kier molecular flexibility index (Phi) is 11.0. The monoisotopic (exact) mass is 493 g/mol. The molecule has 1 saturated heterocycles. The number of unbranched alkanes of at least 4 members (excludes halogenated alkanes) is 3. The van der Waals surface area contributed by atoms with Gasteiger partial charge in [-0.15, -0.1) is 0 Å². The highest BCUT2D eigenvalue weighted by atomic mass is 16.6. The first-order chi connectivity index (χ1) is 16.6. The average molecular weight is 494 g/mol. The van der Waals surface area contributed by atoms with Gasteiger partial charge in [0.25, 0.3) is 0 Å². The van der Waals surface area contributed by atoms with Crippen molar-refractivity contribution >= 4 is 23.9 Å². The first-order valence-electron chi connectivity index (χ1n) is 12.9. The van der Waals surface area contributed by atoms with E-state index in [2.05, 4.69) is 22.8 Å². The molecule has 0 aromatic heterocycles. The summed E-state index contributed by atoms with van der Waals surface area (Å²) in [4.78, 5) is 51.2. The Morgan fingerprint density at radius 2 is 1.89 bits per heavy atom. The Balaban J connectivity index is 1.83. The Hall–Kier alpha value is -2.58. The molecule has 3 amide bonds. The molecule has 198 valence electrons. The number of ether oxygens (including phenoxy) is 2. The third-order valence-electron chi connectivity index (χ3n) is 6.25. The number of hydrogen-bond acceptors (Lipinski definition) is 6. The quantitative estimate of drug-likeness (QED) is 0.245. The van der Waals surface area contributed by atoms with Crippen molar-refractivity contribution < 1.29 is 28.7 Å². The van der Waals surface area contributed by atoms with Crippen molar-refractivity contribution in [2.45, 2.75) is 96.7 Å². The van der Waals surface area contributed by atoms with E-state index in [9.17, 15) is 19.2 Å². The maximum absolute atomic E-state index is 13.3. The van der Waals surface area contributed by atoms with Gasteiger partial charge in [-0.3, -0.25) is 14.4 Å². The molecule has 2 aliphatic rings. The Morgan fingerprint density at radius 1 is 1.14 bits per heavy atom. The van der Waals surface area contributed by atoms with Gasteiger partial charge in [0, 0.05) is 13.6 Å². The molecule has 1 aliphatic heterocycles. The molecule has 0 radical (unpaired) electrons. The Bertz CT molecular complexity index is 776. The second kappa shape index (κ2) is 13.5. The molecule has 9 nitrogen and oxygen atoms in total. The van der Waals surface area contributed by atoms with Crippen LogP contribution in [0.4, 0.5) is 4.79 Å². The van der Waals surface area contributed by atoms with E-state index in [0.29, 0.717) is 31.9 Å². The van der Waals surface area contributed by atoms with E-state index in [-0.39, 0.29) is 23.7 Å². The van der Waals surface area contributed by atoms with Gasteiger partial charge in [0.15, 0.2) is 0 Å². The summed E-state index contributed by atoms with van der Waals surface area (Å²) in [5.74, 6) is -0.212. The Labute approximate surface area is 209 Å². The van der Waals surface area contributed by atoms with Crippen molar-refractivity contribution in [1.82, 2.24) is 15.5 Å². The lowest BCUT2D eigenvalue weighted by Crippen LogP contribution is -2.53. The number of rotatable bonds is 12. The predicted octanol–water partition coefficient (Wildman–Crippen LogP) is 3.32. The number of hydrogen-bond donors (Lipinski definition) is 2. The summed E-state index contributed by atoms with van der Waals surface area (Å²) in [5, 5.41) is 5.36. The molecular weight excluding hydrogens is 450 g/mol. The molecule has 4 atom stereocenters. The predicted molar refractivity (Wildman–Crippen MR) is 132 cm³/mol. The van der Waals surface area contributed by atoms with Crippen molar-refractivity contribution in [3.63, 3.8) is 0 Å². The van der Waals surface area contributed by atoms with Crippen LogP contribution in [-0.2, 0) is 23.9 Å². The fourth-order valence-electron chi connectivity index (χ4n) is 4.38. The largest absolute Gasteiger partial charge is 0.466 e. The summed E-state index contributed by atoms with van der Waals surface area (Å²) < 4.78 is 10.4. The van der Waals surface area contributed by atoms with Gasteiger partial charge in [-0.2, -0.15) is 0 Å². The van der Waals surface area contributed by atoms with Crippen LogP contribution in [-0.4, -0.2) is 66.7 Å². The molecule has 2 fully saturated rings. The van der Waals surface area contributed by atoms with Gasteiger partial charge in [-0.05, 0) is 72.1 Å². The third kappa shape index (κ3) is 9.53. The molecule has 35 heavy (non-hydrogen) atoms. The summed E-state index contributed by atoms with van der Waals surface area (Å²) in [6.45, 7) is 8.06. The van der Waals surface area contributed by atoms with Crippen LogP contribution in [0.3, 0.4) is 0 Å². The van der Waals surface area contributed by atoms with E-state index < -0.39 is 23.8 Å². The van der Waals surface area contributed by atoms with E-state index in [0.717, 1.165) is 38.5 Å². The number of esters is 1. The standard InChI is InChI=1S/C26H43N3O6/c1-6-34-24(32)19-17-18(19)13-10-8-7-9-11-14-20(28-25(33)35-26(2,3)4)23(31)29-16-12-15-21(29)22(30)27-5/h10,13,18-21H,6-9,11-12,14-17H2,1-5H3,(H,27,30)(H,28,33)/b13-10-/t18-,19+,20+,21+/m1/s1. The molecule has 0 bridgehead atoms. The normalized spacial score (nSPS) is 22.5. The van der Waals surface area contributed by atoms with E-state index in [1.807, 2.05) is 6.92 Å². The molecule has 1 heterocycles. The number of allylic oxidation sites excluding steroid dienone is 2. The number of nitrogens with zero attached hydrogens (tertiary/aromatic N) is 1. The van der Waals surface area contributed by atoms with Gasteiger partial charge < -0.3 is 25.0 Å². The summed E-state index contributed by atoms with van der Waals surface area (Å²) in [7, 11) is 1.56. The van der Waals surface area contributed by atoms with Crippen LogP contribution in [0.5, 0.6) is 0 Å². The van der Waals surface area contributed by atoms with Crippen LogP contribution in [0.2, 0.25) is 0 Å². The lowest BCUT2D eigenvalue weighted by molar-refractivity contribution is -0.144. The fraction of sp³-hybridized carbons (Fsp3) is 0.769. The number of likely N-dealkylation sites (tertiary alicyclic amines) is 1. The van der Waals surface area contributed by atoms with Crippen LogP contribution in [0.15, 0.2) is 12.2 Å². The van der Waals surface area contributed by atoms with Gasteiger partial charge in [-0.25, -0.2) is 4.79 Å². The number of alkyl carbamates (subject to hydrolysis) is 1. The summed E-state index contributed by atoms with van der Waals surface area (Å²) in [6, 6.07) is -1.23. The summed E-state index contributed by atoms with van der Waals surface area (Å²) in [6.07, 6.45) is 9.81. The number of nitrogens with one attached hydrogen (secondary N) is 2. The van der Waals surface area contributed by atoms with E-state index in [4.69, 9.17) is 9.47 Å². The van der Waals surface area contributed by atoms with Crippen molar-refractivity contribution in [3.05, 3.63) is 12.2 Å². The zero-order valence-electron chi connectivity index (χ0n) is 21.9. The van der Waals surface area contributed by atoms with E-state index in [1.54, 1.807) is 32.7 Å². The van der Waals surface area contributed by atoms with Crippen LogP contribution in [0.1, 0.15) is 79.1 Å². The number of carbonyl (C=O) groups is 4. The van der Waals surface area contributed by atoms with Crippen LogP contribution in [0.25, 0.3) is 0 Å². The molecule has 0 unspecified atom stereocenters. The van der Waals surface area contributed by atoms with Crippen LogP contribution >= 0.6 is 0 Å². The van der Waals surface area contributed by atoms with Gasteiger partial charge in [0.1, 0.15) is 17.7 Å². The molecular formula is C26H43N3O6. The van der Waals surface area contributed by atoms with Gasteiger partial charge in [0.2, 0.25) is 11.8 Å². The molecule has 0 spiro atoms. The maximum atomic E-state index is 13.3. The number of likely N-dealkylation sites (N-methyl/N-ethyl adjacent to an activating group) is 1.